The molecule has 3 rings (SSSR count). The predicted molar refractivity (Wildman–Crippen MR) is 91.5 cm³/mol. The number of hydrogen-bond acceptors (Lipinski definition) is 2. The van der Waals surface area contributed by atoms with Gasteiger partial charge in [0.05, 0.1) is 0 Å². The van der Waals surface area contributed by atoms with E-state index >= 15 is 0 Å². The van der Waals surface area contributed by atoms with Gasteiger partial charge in [-0.25, -0.2) is 0 Å². The van der Waals surface area contributed by atoms with Crippen molar-refractivity contribution in [3.63, 3.8) is 0 Å². The number of amides is 1. The van der Waals surface area contributed by atoms with Gasteiger partial charge in [-0.1, -0.05) is 12.1 Å². The van der Waals surface area contributed by atoms with Gasteiger partial charge in [0, 0.05) is 23.5 Å². The van der Waals surface area contributed by atoms with E-state index in [1.807, 2.05) is 24.0 Å². The van der Waals surface area contributed by atoms with E-state index in [1.54, 1.807) is 6.07 Å². The van der Waals surface area contributed by atoms with E-state index in [-0.39, 0.29) is 5.91 Å². The minimum atomic E-state index is 0.0516. The molecule has 0 aliphatic carbocycles. The smallest absolute Gasteiger partial charge is 0.258 e. The molecule has 2 N–H and O–H groups in total. The second-order valence-corrected chi connectivity index (χ2v) is 6.21. The number of nitrogens with two attached hydrogens (primary N) is 1. The molecule has 1 heterocycles. The van der Waals surface area contributed by atoms with E-state index in [9.17, 15) is 4.79 Å². The molecule has 3 nitrogen and oxygen atoms in total. The van der Waals surface area contributed by atoms with Gasteiger partial charge in [-0.2, -0.15) is 0 Å². The summed E-state index contributed by atoms with van der Waals surface area (Å²) < 4.78 is 0. The third-order valence-corrected chi connectivity index (χ3v) is 4.43. The number of nitrogens with zero attached hydrogens (tertiary/aromatic N) is 1. The molecule has 0 unspecified atom stereocenters. The Balaban J connectivity index is 2.07. The zero-order chi connectivity index (χ0) is 15.9. The lowest BCUT2D eigenvalue weighted by Crippen LogP contribution is -2.36. The highest BCUT2D eigenvalue weighted by Gasteiger charge is 2.25. The molecule has 0 radical (unpaired) electrons. The van der Waals surface area contributed by atoms with Crippen molar-refractivity contribution in [2.45, 2.75) is 33.6 Å². The Kier molecular flexibility index (Phi) is 3.65. The van der Waals surface area contributed by atoms with E-state index in [4.69, 9.17) is 5.73 Å². The summed E-state index contributed by atoms with van der Waals surface area (Å²) in [5, 5.41) is 0. The van der Waals surface area contributed by atoms with Crippen molar-refractivity contribution < 1.29 is 4.79 Å². The summed E-state index contributed by atoms with van der Waals surface area (Å²) in [4.78, 5) is 14.9. The molecule has 0 aromatic heterocycles. The summed E-state index contributed by atoms with van der Waals surface area (Å²) in [7, 11) is 0. The number of fused-ring (bicyclic) bond motifs is 1. The monoisotopic (exact) mass is 294 g/mol. The van der Waals surface area contributed by atoms with E-state index in [0.29, 0.717) is 11.3 Å². The summed E-state index contributed by atoms with van der Waals surface area (Å²) in [5.41, 5.74) is 13.0. The van der Waals surface area contributed by atoms with E-state index in [0.717, 1.165) is 30.6 Å². The maximum atomic E-state index is 13.0. The highest BCUT2D eigenvalue weighted by molar-refractivity contribution is 6.08. The van der Waals surface area contributed by atoms with Crippen LogP contribution in [-0.4, -0.2) is 12.5 Å². The summed E-state index contributed by atoms with van der Waals surface area (Å²) >= 11 is 0. The minimum Gasteiger partial charge on any atom is -0.399 e. The molecular formula is C19H22N2O. The van der Waals surface area contributed by atoms with Crippen LogP contribution in [-0.2, 0) is 6.42 Å². The zero-order valence-corrected chi connectivity index (χ0v) is 13.4. The molecule has 0 bridgehead atoms. The average Bonchev–Trinajstić information content (AvgIpc) is 2.48. The standard InChI is InChI=1S/C19H22N2O/c1-12-9-14(3)16-5-4-8-21(18(16)10-12)19(22)17-11-15(20)7-6-13(17)2/h6-7,9-11H,4-5,8,20H2,1-3H3. The van der Waals surface area contributed by atoms with Crippen LogP contribution in [0.15, 0.2) is 30.3 Å². The van der Waals surface area contributed by atoms with Crippen LogP contribution in [0.25, 0.3) is 0 Å². The van der Waals surface area contributed by atoms with E-state index < -0.39 is 0 Å². The van der Waals surface area contributed by atoms with Crippen LogP contribution in [0.3, 0.4) is 0 Å². The van der Waals surface area contributed by atoms with Gasteiger partial charge in [-0.3, -0.25) is 4.79 Å². The van der Waals surface area contributed by atoms with Crippen molar-refractivity contribution in [1.29, 1.82) is 0 Å². The van der Waals surface area contributed by atoms with Gasteiger partial charge in [0.25, 0.3) is 5.91 Å². The van der Waals surface area contributed by atoms with Gasteiger partial charge in [-0.05, 0) is 74.1 Å². The van der Waals surface area contributed by atoms with Gasteiger partial charge in [0.2, 0.25) is 0 Å². The lowest BCUT2D eigenvalue weighted by atomic mass is 9.94. The number of carbonyl (C=O) groups is 1. The molecule has 0 atom stereocenters. The maximum absolute atomic E-state index is 13.0. The molecule has 1 aliphatic rings. The Morgan fingerprint density at radius 2 is 1.86 bits per heavy atom. The molecule has 1 aliphatic heterocycles. The summed E-state index contributed by atoms with van der Waals surface area (Å²) in [6.07, 6.45) is 2.05. The first-order valence-electron chi connectivity index (χ1n) is 7.75. The number of rotatable bonds is 1. The highest BCUT2D eigenvalue weighted by atomic mass is 16.2. The molecule has 0 fully saturated rings. The number of hydrogen-bond donors (Lipinski definition) is 1. The molecular weight excluding hydrogens is 272 g/mol. The maximum Gasteiger partial charge on any atom is 0.258 e. The first kappa shape index (κ1) is 14.6. The molecule has 0 saturated carbocycles. The number of benzene rings is 2. The fraction of sp³-hybridized carbons (Fsp3) is 0.316. The molecule has 0 saturated heterocycles. The summed E-state index contributed by atoms with van der Waals surface area (Å²) in [5.74, 6) is 0.0516. The highest BCUT2D eigenvalue weighted by Crippen LogP contribution is 2.32. The number of aryl methyl sites for hydroxylation is 3. The van der Waals surface area contributed by atoms with Crippen molar-refractivity contribution in [1.82, 2.24) is 0 Å². The Morgan fingerprint density at radius 1 is 1.09 bits per heavy atom. The molecule has 2 aromatic carbocycles. The van der Waals surface area contributed by atoms with Crippen LogP contribution in [0.4, 0.5) is 11.4 Å². The Bertz CT molecular complexity index is 749. The van der Waals surface area contributed by atoms with E-state index in [1.165, 1.54) is 16.7 Å². The normalized spacial score (nSPS) is 13.9. The minimum absolute atomic E-state index is 0.0516. The zero-order valence-electron chi connectivity index (χ0n) is 13.4. The topological polar surface area (TPSA) is 46.3 Å². The van der Waals surface area contributed by atoms with Gasteiger partial charge in [-0.15, -0.1) is 0 Å². The van der Waals surface area contributed by atoms with Gasteiger partial charge in [0.1, 0.15) is 0 Å². The van der Waals surface area contributed by atoms with Crippen molar-refractivity contribution in [3.8, 4) is 0 Å². The SMILES string of the molecule is Cc1cc(C)c2c(c1)N(C(=O)c1cc(N)ccc1C)CCC2. The fourth-order valence-corrected chi connectivity index (χ4v) is 3.30. The lowest BCUT2D eigenvalue weighted by Gasteiger charge is -2.31. The first-order chi connectivity index (χ1) is 10.5. The number of anilines is 2. The fourth-order valence-electron chi connectivity index (χ4n) is 3.30. The Hall–Kier alpha value is -2.29. The third-order valence-electron chi connectivity index (χ3n) is 4.43. The second kappa shape index (κ2) is 5.48. The second-order valence-electron chi connectivity index (χ2n) is 6.21. The van der Waals surface area contributed by atoms with Crippen LogP contribution in [0.2, 0.25) is 0 Å². The number of nitrogen functional groups attached to an aromatic ring is 1. The molecule has 1 amide bonds. The van der Waals surface area contributed by atoms with Crippen LogP contribution in [0, 0.1) is 20.8 Å². The van der Waals surface area contributed by atoms with Crippen LogP contribution in [0.5, 0.6) is 0 Å². The summed E-state index contributed by atoms with van der Waals surface area (Å²) in [6.45, 7) is 6.93. The quantitative estimate of drug-likeness (QED) is 0.813. The Labute approximate surface area is 131 Å². The lowest BCUT2D eigenvalue weighted by molar-refractivity contribution is 0.0984. The van der Waals surface area contributed by atoms with Crippen molar-refractivity contribution in [3.05, 3.63) is 58.1 Å². The van der Waals surface area contributed by atoms with Crippen LogP contribution >= 0.6 is 0 Å². The van der Waals surface area contributed by atoms with Gasteiger partial charge in [0.15, 0.2) is 0 Å². The first-order valence-corrected chi connectivity index (χ1v) is 7.75. The van der Waals surface area contributed by atoms with Crippen molar-refractivity contribution >= 4 is 17.3 Å². The van der Waals surface area contributed by atoms with E-state index in [2.05, 4.69) is 26.0 Å². The van der Waals surface area contributed by atoms with Crippen LogP contribution < -0.4 is 10.6 Å². The third kappa shape index (κ3) is 2.47. The van der Waals surface area contributed by atoms with Crippen molar-refractivity contribution in [2.24, 2.45) is 0 Å². The molecule has 3 heteroatoms. The molecule has 2 aromatic rings. The predicted octanol–water partition coefficient (Wildman–Crippen LogP) is 3.79. The largest absolute Gasteiger partial charge is 0.399 e. The average molecular weight is 294 g/mol. The van der Waals surface area contributed by atoms with Gasteiger partial charge >= 0.3 is 0 Å². The molecule has 114 valence electrons. The molecule has 22 heavy (non-hydrogen) atoms. The molecule has 0 spiro atoms. The Morgan fingerprint density at radius 3 is 2.64 bits per heavy atom. The van der Waals surface area contributed by atoms with Gasteiger partial charge < -0.3 is 10.6 Å². The summed E-state index contributed by atoms with van der Waals surface area (Å²) in [6, 6.07) is 9.85. The number of carbonyl (C=O) groups excluding carboxylic acids is 1. The van der Waals surface area contributed by atoms with Crippen LogP contribution in [0.1, 0.15) is 39.0 Å². The van der Waals surface area contributed by atoms with Crippen molar-refractivity contribution in [2.75, 3.05) is 17.2 Å².